The summed E-state index contributed by atoms with van der Waals surface area (Å²) in [6.07, 6.45) is 7.88. The Balaban J connectivity index is 1.74. The van der Waals surface area contributed by atoms with Crippen LogP contribution in [0, 0.1) is 0 Å². The monoisotopic (exact) mass is 249 g/mol. The zero-order valence-electron chi connectivity index (χ0n) is 10.3. The van der Waals surface area contributed by atoms with E-state index in [4.69, 9.17) is 11.6 Å². The minimum absolute atomic E-state index is 0.655. The Morgan fingerprint density at radius 3 is 2.82 bits per heavy atom. The molecule has 1 aliphatic rings. The third-order valence-electron chi connectivity index (χ3n) is 3.46. The molecule has 1 nitrogen and oxygen atoms in total. The van der Waals surface area contributed by atoms with E-state index in [-0.39, 0.29) is 0 Å². The van der Waals surface area contributed by atoms with Crippen LogP contribution in [-0.4, -0.2) is 12.6 Å². The van der Waals surface area contributed by atoms with Crippen LogP contribution in [0.4, 0.5) is 0 Å². The van der Waals surface area contributed by atoms with Crippen LogP contribution in [0.25, 0.3) is 0 Å². The second-order valence-corrected chi connectivity index (χ2v) is 5.11. The summed E-state index contributed by atoms with van der Waals surface area (Å²) in [5, 5.41) is 4.50. The lowest BCUT2D eigenvalue weighted by atomic mass is 9.76. The first-order valence-electron chi connectivity index (χ1n) is 6.40. The average Bonchev–Trinajstić information content (AvgIpc) is 2.28. The van der Waals surface area contributed by atoms with E-state index in [9.17, 15) is 0 Å². The fraction of sp³-hybridized carbons (Fsp3) is 0.467. The van der Waals surface area contributed by atoms with Crippen molar-refractivity contribution in [3.63, 3.8) is 0 Å². The van der Waals surface area contributed by atoms with E-state index < -0.39 is 0 Å². The molecular formula is C15H20ClN. The topological polar surface area (TPSA) is 12.0 Å². The van der Waals surface area contributed by atoms with Crippen molar-refractivity contribution in [1.29, 1.82) is 0 Å². The normalized spacial score (nSPS) is 23.9. The molecule has 0 aliphatic heterocycles. The number of hydrogen-bond donors (Lipinski definition) is 1. The van der Waals surface area contributed by atoms with Crippen molar-refractivity contribution in [3.05, 3.63) is 47.0 Å². The maximum absolute atomic E-state index is 6.20. The molecule has 0 saturated heterocycles. The van der Waals surface area contributed by atoms with Crippen molar-refractivity contribution in [2.75, 3.05) is 6.54 Å². The minimum atomic E-state index is 0.655. The molecular weight excluding hydrogens is 230 g/mol. The standard InChI is InChI=1S/C15H20ClN/c1-2-3-6-9-17-13-10-12(11-13)14-7-4-5-8-15(14)16/h2-5,7-8,12-13,17H,6,9-11H2,1H3/b3-2+. The first-order chi connectivity index (χ1) is 8.31. The molecule has 0 spiro atoms. The Morgan fingerprint density at radius 1 is 1.35 bits per heavy atom. The molecule has 2 heteroatoms. The molecule has 0 atom stereocenters. The second kappa shape index (κ2) is 6.23. The van der Waals surface area contributed by atoms with Crippen molar-refractivity contribution in [2.24, 2.45) is 0 Å². The van der Waals surface area contributed by atoms with Gasteiger partial charge >= 0.3 is 0 Å². The number of nitrogens with one attached hydrogen (secondary N) is 1. The molecule has 92 valence electrons. The van der Waals surface area contributed by atoms with Crippen LogP contribution < -0.4 is 5.32 Å². The van der Waals surface area contributed by atoms with Gasteiger partial charge in [0, 0.05) is 11.1 Å². The third kappa shape index (κ3) is 3.34. The summed E-state index contributed by atoms with van der Waals surface area (Å²) in [6.45, 7) is 3.15. The predicted octanol–water partition coefficient (Wildman–Crippen LogP) is 4.14. The highest BCUT2D eigenvalue weighted by molar-refractivity contribution is 6.31. The van der Waals surface area contributed by atoms with Crippen LogP contribution >= 0.6 is 11.6 Å². The van der Waals surface area contributed by atoms with Crippen molar-refractivity contribution in [3.8, 4) is 0 Å². The van der Waals surface area contributed by atoms with Crippen molar-refractivity contribution >= 4 is 11.6 Å². The molecule has 1 N–H and O–H groups in total. The summed E-state index contributed by atoms with van der Waals surface area (Å²) in [5.41, 5.74) is 1.32. The highest BCUT2D eigenvalue weighted by atomic mass is 35.5. The van der Waals surface area contributed by atoms with Crippen LogP contribution in [0.2, 0.25) is 5.02 Å². The Hall–Kier alpha value is -0.790. The van der Waals surface area contributed by atoms with Gasteiger partial charge in [-0.15, -0.1) is 0 Å². The van der Waals surface area contributed by atoms with Gasteiger partial charge in [0.15, 0.2) is 0 Å². The van der Waals surface area contributed by atoms with Gasteiger partial charge in [0.1, 0.15) is 0 Å². The van der Waals surface area contributed by atoms with Gasteiger partial charge < -0.3 is 5.32 Å². The lowest BCUT2D eigenvalue weighted by Crippen LogP contribution is -2.40. The van der Waals surface area contributed by atoms with E-state index in [1.807, 2.05) is 12.1 Å². The van der Waals surface area contributed by atoms with Gasteiger partial charge in [-0.05, 0) is 50.3 Å². The fourth-order valence-electron chi connectivity index (χ4n) is 2.38. The van der Waals surface area contributed by atoms with E-state index >= 15 is 0 Å². The second-order valence-electron chi connectivity index (χ2n) is 4.70. The lowest BCUT2D eigenvalue weighted by molar-refractivity contribution is 0.293. The van der Waals surface area contributed by atoms with Gasteiger partial charge in [-0.2, -0.15) is 0 Å². The van der Waals surface area contributed by atoms with Crippen LogP contribution in [0.15, 0.2) is 36.4 Å². The summed E-state index contributed by atoms with van der Waals surface area (Å²) >= 11 is 6.20. The van der Waals surface area contributed by atoms with E-state index in [1.165, 1.54) is 18.4 Å². The number of halogens is 1. The van der Waals surface area contributed by atoms with Crippen molar-refractivity contribution in [2.45, 2.75) is 38.1 Å². The van der Waals surface area contributed by atoms with Crippen LogP contribution in [0.3, 0.4) is 0 Å². The molecule has 0 bridgehead atoms. The third-order valence-corrected chi connectivity index (χ3v) is 3.81. The zero-order valence-corrected chi connectivity index (χ0v) is 11.1. The first kappa shape index (κ1) is 12.7. The maximum atomic E-state index is 6.20. The smallest absolute Gasteiger partial charge is 0.0440 e. The molecule has 0 unspecified atom stereocenters. The molecule has 1 aliphatic carbocycles. The Labute approximate surface area is 109 Å². The van der Waals surface area contributed by atoms with Crippen molar-refractivity contribution in [1.82, 2.24) is 5.32 Å². The summed E-state index contributed by atoms with van der Waals surface area (Å²) in [7, 11) is 0. The molecule has 1 aromatic rings. The van der Waals surface area contributed by atoms with E-state index in [1.54, 1.807) is 0 Å². The molecule has 1 fully saturated rings. The number of rotatable bonds is 5. The van der Waals surface area contributed by atoms with Gasteiger partial charge in [0.25, 0.3) is 0 Å². The number of allylic oxidation sites excluding steroid dienone is 1. The zero-order chi connectivity index (χ0) is 12.1. The molecule has 0 radical (unpaired) electrons. The van der Waals surface area contributed by atoms with Crippen molar-refractivity contribution < 1.29 is 0 Å². The molecule has 1 saturated carbocycles. The predicted molar refractivity (Wildman–Crippen MR) is 74.6 cm³/mol. The van der Waals surface area contributed by atoms with Gasteiger partial charge in [0.2, 0.25) is 0 Å². The maximum Gasteiger partial charge on any atom is 0.0440 e. The molecule has 0 amide bonds. The van der Waals surface area contributed by atoms with E-state index in [0.717, 1.165) is 18.0 Å². The molecule has 0 heterocycles. The fourth-order valence-corrected chi connectivity index (χ4v) is 2.67. The molecule has 1 aromatic carbocycles. The summed E-state index contributed by atoms with van der Waals surface area (Å²) in [5.74, 6) is 0.655. The summed E-state index contributed by atoms with van der Waals surface area (Å²) in [6, 6.07) is 8.90. The Bertz CT molecular complexity index is 380. The Morgan fingerprint density at radius 2 is 2.12 bits per heavy atom. The highest BCUT2D eigenvalue weighted by Gasteiger charge is 2.30. The van der Waals surface area contributed by atoms with Gasteiger partial charge in [0.05, 0.1) is 0 Å². The average molecular weight is 250 g/mol. The number of hydrogen-bond acceptors (Lipinski definition) is 1. The Kier molecular flexibility index (Phi) is 4.64. The summed E-state index contributed by atoms with van der Waals surface area (Å²) in [4.78, 5) is 0. The van der Waals surface area contributed by atoms with Gasteiger partial charge in [-0.1, -0.05) is 42.0 Å². The first-order valence-corrected chi connectivity index (χ1v) is 6.78. The van der Waals surface area contributed by atoms with Crippen LogP contribution in [0.5, 0.6) is 0 Å². The summed E-state index contributed by atoms with van der Waals surface area (Å²) < 4.78 is 0. The molecule has 17 heavy (non-hydrogen) atoms. The van der Waals surface area contributed by atoms with Crippen LogP contribution in [0.1, 0.15) is 37.7 Å². The van der Waals surface area contributed by atoms with E-state index in [2.05, 4.69) is 36.5 Å². The molecule has 0 aromatic heterocycles. The molecule has 2 rings (SSSR count). The highest BCUT2D eigenvalue weighted by Crippen LogP contribution is 2.39. The minimum Gasteiger partial charge on any atom is -0.314 e. The number of benzene rings is 1. The van der Waals surface area contributed by atoms with Gasteiger partial charge in [-0.3, -0.25) is 0 Å². The quantitative estimate of drug-likeness (QED) is 0.611. The van der Waals surface area contributed by atoms with Crippen LogP contribution in [-0.2, 0) is 0 Å². The van der Waals surface area contributed by atoms with E-state index in [0.29, 0.717) is 12.0 Å². The largest absolute Gasteiger partial charge is 0.314 e. The lowest BCUT2D eigenvalue weighted by Gasteiger charge is -2.36. The SMILES string of the molecule is C/C=C/CCNC1CC(c2ccccc2Cl)C1. The van der Waals surface area contributed by atoms with Gasteiger partial charge in [-0.25, -0.2) is 0 Å².